The van der Waals surface area contributed by atoms with Crippen LogP contribution in [0.3, 0.4) is 0 Å². The van der Waals surface area contributed by atoms with Gasteiger partial charge in [0.1, 0.15) is 13.2 Å². The molecule has 5 aliphatic rings. The Morgan fingerprint density at radius 2 is 1.63 bits per heavy atom. The Morgan fingerprint density at radius 3 is 2.37 bits per heavy atom. The van der Waals surface area contributed by atoms with Crippen LogP contribution >= 0.6 is 0 Å². The molecule has 0 radical (unpaired) electrons. The second kappa shape index (κ2) is 6.38. The van der Waals surface area contributed by atoms with E-state index >= 15 is 0 Å². The summed E-state index contributed by atoms with van der Waals surface area (Å²) in [5, 5.41) is 10.5. The summed E-state index contributed by atoms with van der Waals surface area (Å²) in [6.07, 6.45) is 8.07. The molecule has 0 bridgehead atoms. The van der Waals surface area contributed by atoms with Crippen molar-refractivity contribution < 1.29 is 24.7 Å². The maximum atomic E-state index is 10.5. The molecule has 154 valence electrons. The molecule has 5 rings (SSSR count). The van der Waals surface area contributed by atoms with E-state index in [2.05, 4.69) is 13.8 Å². The Bertz CT molecular complexity index is 579. The molecular formula is C21H35NO5. The first kappa shape index (κ1) is 18.8. The maximum absolute atomic E-state index is 10.5. The lowest BCUT2D eigenvalue weighted by Gasteiger charge is -2.61. The highest BCUT2D eigenvalue weighted by atomic mass is 17.3. The van der Waals surface area contributed by atoms with Gasteiger partial charge < -0.3 is 10.8 Å². The van der Waals surface area contributed by atoms with Crippen LogP contribution in [-0.2, 0) is 19.6 Å². The van der Waals surface area contributed by atoms with Crippen molar-refractivity contribution >= 4 is 0 Å². The minimum atomic E-state index is -0.772. The molecule has 1 saturated heterocycles. The molecule has 0 aromatic rings. The fourth-order valence-corrected chi connectivity index (χ4v) is 7.91. The zero-order valence-electron chi connectivity index (χ0n) is 16.7. The number of hydrogen-bond donors (Lipinski definition) is 2. The van der Waals surface area contributed by atoms with E-state index in [4.69, 9.17) is 25.3 Å². The van der Waals surface area contributed by atoms with Crippen molar-refractivity contribution in [2.45, 2.75) is 83.1 Å². The lowest BCUT2D eigenvalue weighted by molar-refractivity contribution is -0.505. The number of rotatable bonds is 0. The Balaban J connectivity index is 1.43. The largest absolute Gasteiger partial charge is 0.391 e. The van der Waals surface area contributed by atoms with Crippen molar-refractivity contribution in [2.24, 2.45) is 40.2 Å². The third-order valence-electron chi connectivity index (χ3n) is 9.45. The summed E-state index contributed by atoms with van der Waals surface area (Å²) in [5.74, 6) is 1.73. The van der Waals surface area contributed by atoms with E-state index in [-0.39, 0.29) is 23.0 Å². The molecular weight excluding hydrogens is 346 g/mol. The Morgan fingerprint density at radius 1 is 0.926 bits per heavy atom. The van der Waals surface area contributed by atoms with Gasteiger partial charge in [-0.25, -0.2) is 9.78 Å². The van der Waals surface area contributed by atoms with Crippen LogP contribution < -0.4 is 5.73 Å². The monoisotopic (exact) mass is 381 g/mol. The minimum Gasteiger partial charge on any atom is -0.391 e. The summed E-state index contributed by atoms with van der Waals surface area (Å²) < 4.78 is 0. The zero-order valence-corrected chi connectivity index (χ0v) is 16.7. The molecule has 4 saturated carbocycles. The van der Waals surface area contributed by atoms with Crippen molar-refractivity contribution in [3.63, 3.8) is 0 Å². The maximum Gasteiger partial charge on any atom is 0.239 e. The van der Waals surface area contributed by atoms with Gasteiger partial charge >= 0.3 is 0 Å². The van der Waals surface area contributed by atoms with Crippen molar-refractivity contribution in [3.8, 4) is 0 Å². The Hall–Kier alpha value is -0.240. The van der Waals surface area contributed by atoms with E-state index < -0.39 is 5.79 Å². The van der Waals surface area contributed by atoms with Crippen molar-refractivity contribution in [2.75, 3.05) is 13.2 Å². The molecule has 3 N–H and O–H groups in total. The molecule has 1 aliphatic heterocycles. The molecule has 8 atom stereocenters. The van der Waals surface area contributed by atoms with E-state index in [1.54, 1.807) is 0 Å². The van der Waals surface area contributed by atoms with Gasteiger partial charge in [-0.1, -0.05) is 13.8 Å². The fourth-order valence-electron chi connectivity index (χ4n) is 7.91. The average molecular weight is 382 g/mol. The topological polar surface area (TPSA) is 83.2 Å². The van der Waals surface area contributed by atoms with Crippen LogP contribution in [0.4, 0.5) is 0 Å². The molecule has 5 fully saturated rings. The Labute approximate surface area is 161 Å². The summed E-state index contributed by atoms with van der Waals surface area (Å²) in [4.78, 5) is 22.6. The number of nitrogens with two attached hydrogens (primary N) is 1. The zero-order chi connectivity index (χ0) is 18.9. The van der Waals surface area contributed by atoms with Crippen LogP contribution in [0.25, 0.3) is 0 Å². The van der Waals surface area contributed by atoms with Crippen molar-refractivity contribution in [1.29, 1.82) is 0 Å². The SMILES string of the molecule is C[C@]12C[C@H](O)[C@H](N)C[C@@H]1CC[C@@H]1[C@@H]2CC[C@@]2(C)[C@H]1CCC21OOCCOO1. The smallest absolute Gasteiger partial charge is 0.239 e. The lowest BCUT2D eigenvalue weighted by Crippen LogP contribution is -2.60. The van der Waals surface area contributed by atoms with Crippen LogP contribution in [0.5, 0.6) is 0 Å². The molecule has 6 heteroatoms. The molecule has 4 aliphatic carbocycles. The lowest BCUT2D eigenvalue weighted by atomic mass is 9.44. The second-order valence-electron chi connectivity index (χ2n) is 10.4. The minimum absolute atomic E-state index is 0.0506. The van der Waals surface area contributed by atoms with Gasteiger partial charge in [0.05, 0.1) is 6.10 Å². The number of hydrogen-bond acceptors (Lipinski definition) is 6. The standard InChI is InChI=1S/C21H35NO5/c1-19-12-18(23)17(22)11-13(19)3-4-14-15(19)5-7-20(2)16(14)6-8-21(20)26-24-9-10-25-27-21/h13-18,23H,3-12,22H2,1-2H3/t13-,14+,15-,16-,17+,18-,19-,20-/m0/s1. The molecule has 0 unspecified atom stereocenters. The van der Waals surface area contributed by atoms with Gasteiger partial charge in [0.25, 0.3) is 0 Å². The van der Waals surface area contributed by atoms with Crippen LogP contribution in [0.1, 0.15) is 65.2 Å². The molecule has 0 amide bonds. The number of aliphatic hydroxyl groups excluding tert-OH is 1. The number of aliphatic hydroxyl groups is 1. The molecule has 0 aromatic heterocycles. The normalized spacial score (nSPS) is 54.7. The van der Waals surface area contributed by atoms with E-state index in [1.165, 1.54) is 12.8 Å². The van der Waals surface area contributed by atoms with Crippen molar-refractivity contribution in [1.82, 2.24) is 0 Å². The summed E-state index contributed by atoms with van der Waals surface area (Å²) in [6.45, 7) is 5.57. The first-order valence-electron chi connectivity index (χ1n) is 10.9. The summed E-state index contributed by atoms with van der Waals surface area (Å²) in [7, 11) is 0. The predicted molar refractivity (Wildman–Crippen MR) is 97.9 cm³/mol. The fraction of sp³-hybridized carbons (Fsp3) is 1.00. The van der Waals surface area contributed by atoms with E-state index in [0.717, 1.165) is 38.5 Å². The van der Waals surface area contributed by atoms with E-state index in [0.29, 0.717) is 36.9 Å². The molecule has 1 heterocycles. The first-order valence-corrected chi connectivity index (χ1v) is 10.9. The van der Waals surface area contributed by atoms with E-state index in [1.807, 2.05) is 0 Å². The Kier molecular flexibility index (Phi) is 4.43. The molecule has 1 spiro atoms. The van der Waals surface area contributed by atoms with Crippen LogP contribution in [-0.4, -0.2) is 36.3 Å². The van der Waals surface area contributed by atoms with Gasteiger partial charge in [-0.3, -0.25) is 0 Å². The summed E-state index contributed by atoms with van der Waals surface area (Å²) in [6, 6.07) is -0.0506. The van der Waals surface area contributed by atoms with Crippen LogP contribution in [0.15, 0.2) is 0 Å². The van der Waals surface area contributed by atoms with Gasteiger partial charge in [-0.05, 0) is 74.0 Å². The predicted octanol–water partition coefficient (Wildman–Crippen LogP) is 2.93. The quantitative estimate of drug-likeness (QED) is 0.628. The highest BCUT2D eigenvalue weighted by Crippen LogP contribution is 2.69. The van der Waals surface area contributed by atoms with Gasteiger partial charge in [-0.2, -0.15) is 9.78 Å². The summed E-state index contributed by atoms with van der Waals surface area (Å²) in [5.41, 5.74) is 6.33. The third-order valence-corrected chi connectivity index (χ3v) is 9.45. The second-order valence-corrected chi connectivity index (χ2v) is 10.4. The molecule has 6 nitrogen and oxygen atoms in total. The highest BCUT2D eigenvalue weighted by Gasteiger charge is 2.68. The van der Waals surface area contributed by atoms with Crippen LogP contribution in [0.2, 0.25) is 0 Å². The van der Waals surface area contributed by atoms with Crippen molar-refractivity contribution in [3.05, 3.63) is 0 Å². The van der Waals surface area contributed by atoms with Gasteiger partial charge in [0.15, 0.2) is 0 Å². The third kappa shape index (κ3) is 2.53. The summed E-state index contributed by atoms with van der Waals surface area (Å²) >= 11 is 0. The highest BCUT2D eigenvalue weighted by molar-refractivity contribution is 5.12. The van der Waals surface area contributed by atoms with E-state index in [9.17, 15) is 5.11 Å². The first-order chi connectivity index (χ1) is 12.9. The van der Waals surface area contributed by atoms with Crippen LogP contribution in [0, 0.1) is 34.5 Å². The molecule has 0 aromatic carbocycles. The molecule has 27 heavy (non-hydrogen) atoms. The number of fused-ring (bicyclic) bond motifs is 6. The van der Waals surface area contributed by atoms with Gasteiger partial charge in [-0.15, -0.1) is 0 Å². The average Bonchev–Trinajstić information content (AvgIpc) is 2.78. The van der Waals surface area contributed by atoms with Gasteiger partial charge in [0, 0.05) is 17.9 Å². The van der Waals surface area contributed by atoms with Gasteiger partial charge in [0.2, 0.25) is 5.79 Å².